The normalized spacial score (nSPS) is 13.7. The fraction of sp³-hybridized carbons (Fsp3) is 0.505. The molecule has 18 N–H and O–H groups in total. The Kier molecular flexibility index (Phi) is 57.5. The number of esters is 2. The maximum Gasteiger partial charge on any atom is 0.414 e. The van der Waals surface area contributed by atoms with Crippen LogP contribution in [0.4, 0.5) is 9.59 Å². The van der Waals surface area contributed by atoms with Gasteiger partial charge >= 0.3 is 36.1 Å². The first-order valence-electron chi connectivity index (χ1n) is 45.7. The number of carbonyl (C=O) groups is 13. The van der Waals surface area contributed by atoms with Crippen molar-refractivity contribution in [2.45, 2.75) is 255 Å². The molecular formula is C101H148N16O23. The number of likely N-dealkylation sites (N-methyl/N-ethyl adjacent to an activating group) is 1. The number of nitrogens with one attached hydrogen (secondary N) is 4. The number of benzene rings is 5. The summed E-state index contributed by atoms with van der Waals surface area (Å²) >= 11 is 0. The number of aromatic nitrogens is 2. The molecule has 4 bridgehead atoms. The summed E-state index contributed by atoms with van der Waals surface area (Å²) in [6.07, 6.45) is 6.21. The van der Waals surface area contributed by atoms with Gasteiger partial charge in [0.15, 0.2) is 23.3 Å². The fourth-order valence-electron chi connectivity index (χ4n) is 12.8. The third-order valence-electron chi connectivity index (χ3n) is 19.6. The minimum absolute atomic E-state index is 0. The quantitative estimate of drug-likeness (QED) is 0.00324. The Morgan fingerprint density at radius 1 is 0.636 bits per heavy atom. The summed E-state index contributed by atoms with van der Waals surface area (Å²) in [5, 5.41) is 45.6. The first kappa shape index (κ1) is 124. The smallest absolute Gasteiger partial charge is 0.414 e. The van der Waals surface area contributed by atoms with Crippen LogP contribution in [0.5, 0.6) is 11.5 Å². The van der Waals surface area contributed by atoms with Gasteiger partial charge < -0.3 is 92.7 Å². The number of carboxylic acids is 2. The van der Waals surface area contributed by atoms with Gasteiger partial charge in [0.2, 0.25) is 23.7 Å². The number of nitriles is 1. The van der Waals surface area contributed by atoms with Crippen LogP contribution in [0.3, 0.4) is 0 Å². The number of hydrogen-bond acceptors (Lipinski definition) is 29. The number of ether oxygens (including phenoxy) is 8. The second-order valence-electron chi connectivity index (χ2n) is 36.2. The van der Waals surface area contributed by atoms with E-state index in [-0.39, 0.29) is 171 Å². The van der Waals surface area contributed by atoms with E-state index in [1.807, 2.05) is 115 Å². The number of aliphatic imine (C=N–C) groups is 2. The van der Waals surface area contributed by atoms with E-state index in [1.54, 1.807) is 122 Å². The number of amides is 4. The second kappa shape index (κ2) is 65.0. The van der Waals surface area contributed by atoms with Crippen LogP contribution in [0.25, 0.3) is 11.1 Å². The van der Waals surface area contributed by atoms with Crippen molar-refractivity contribution in [1.29, 1.82) is 10.7 Å². The molecule has 1 aliphatic rings. The van der Waals surface area contributed by atoms with E-state index >= 15 is 0 Å². The SMILES string of the molecule is C.CC(C)(C)OC(=O)NC(=NCC[C@H](CC(=O)OCc1ccccc1)C(=O)O)NC(=O)OC(C)(C)C.CC(C)(C)OC=O.CC(C)(C)OC=O.CCCCCCc1ccc(C(=O)C[C@@H](CCN=C(N)N)C(=O)N(C)[C@@H]2C(=O)C[C@@H](C)C(=O)N[C@H](C(=O)CCC#N)Cc3ccc(OCCN)c(c3)-c3cc2ccc3OCCN)c(C)c1.N=C(N)n1cccn1.NCC[C@H](CC(=O)OCc1ccccc1)C(=O)O. The van der Waals surface area contributed by atoms with Gasteiger partial charge in [0, 0.05) is 99.8 Å². The van der Waals surface area contributed by atoms with Crippen LogP contribution in [-0.4, -0.2) is 202 Å². The Bertz CT molecular complexity index is 4940. The standard InChI is InChI=1S/C49H66N8O7.C24H35N3O8.C13H17NO4.2C5H10O2.C4H6N4.CH4/c1-5-6-7-8-10-33-12-15-37(31(2)25-33)42(59)30-36(18-22-55-49(53)54)48(62)57(4)46-35-14-17-45(64-24-21-52)39(29-35)38-27-34(13-16-44(38)63-23-20-51)28-40(41(58)11-9-19-50)56-47(61)32(3)26-43(46)60;1-23(2,3)34-21(31)26-20(27-22(32)35-24(4,5)6)25-13-12-17(19(29)30)14-18(28)33-15-16-10-8-7-9-11-16;14-7-6-11(13(16)17)8-12(15)18-9-10-4-2-1-3-5-10;2*1-5(2,3)7-4-6;5-4(6)8-3-1-2-7-8;/h12-17,25,27,29,32,36,40,46H,5-11,18,20-24,26,28,30,51-52H2,1-4H3,(H,56,61)(H4,53,54,55);7-11,17H,12-15H2,1-6H3,(H,29,30)(H2,25,26,27,31,32);1-5,11H,6-9,14H2,(H,16,17);2*4H,1-3H3;1-3H,(H3,5,6);1H4/t32-,36-,40+,46+;17-;11-;;;;/m111..../s1. The van der Waals surface area contributed by atoms with Crippen molar-refractivity contribution in [3.63, 3.8) is 0 Å². The molecule has 0 aliphatic carbocycles. The monoisotopic (exact) mass is 1950 g/mol. The molecule has 7 rings (SSSR count). The summed E-state index contributed by atoms with van der Waals surface area (Å²) in [6, 6.07) is 36.0. The number of hydrogen-bond donors (Lipinski definition) is 12. The number of ketones is 3. The molecule has 0 saturated heterocycles. The van der Waals surface area contributed by atoms with Gasteiger partial charge in [-0.3, -0.25) is 78.8 Å². The van der Waals surface area contributed by atoms with Crippen LogP contribution in [0.1, 0.15) is 238 Å². The Balaban J connectivity index is 0.00000106. The van der Waals surface area contributed by atoms with Crippen molar-refractivity contribution in [1.82, 2.24) is 30.6 Å². The highest BCUT2D eigenvalue weighted by Gasteiger charge is 2.38. The molecule has 5 aromatic carbocycles. The van der Waals surface area contributed by atoms with Crippen LogP contribution in [0, 0.1) is 47.3 Å². The number of carboxylic acid groups (broad SMARTS) is 2. The fourth-order valence-corrected chi connectivity index (χ4v) is 12.8. The lowest BCUT2D eigenvalue weighted by atomic mass is 9.87. The van der Waals surface area contributed by atoms with Gasteiger partial charge in [0.1, 0.15) is 66.4 Å². The number of nitrogens with zero attached hydrogens (tertiary/aromatic N) is 6. The van der Waals surface area contributed by atoms with Crippen LogP contribution < -0.4 is 59.8 Å². The molecule has 0 saturated carbocycles. The molecule has 2 heterocycles. The zero-order valence-corrected chi connectivity index (χ0v) is 82.9. The lowest BCUT2D eigenvalue weighted by molar-refractivity contribution is -0.152. The number of Topliss-reactive ketones (excluding diaryl/α,β-unsaturated/α-hetero) is 3. The molecule has 0 unspecified atom stereocenters. The van der Waals surface area contributed by atoms with Gasteiger partial charge in [-0.25, -0.2) is 14.3 Å². The lowest BCUT2D eigenvalue weighted by Gasteiger charge is -2.32. The number of aliphatic carboxylic acids is 2. The number of carbonyl (C=O) groups excluding carboxylic acids is 11. The minimum Gasteiger partial charge on any atom is -0.492 e. The summed E-state index contributed by atoms with van der Waals surface area (Å²) < 4.78 is 43.1. The van der Waals surface area contributed by atoms with Crippen LogP contribution in [0.2, 0.25) is 0 Å². The molecule has 39 nitrogen and oxygen atoms in total. The highest BCUT2D eigenvalue weighted by molar-refractivity contribution is 6.02. The van der Waals surface area contributed by atoms with Gasteiger partial charge in [0.25, 0.3) is 12.9 Å². The average molecular weight is 1950 g/mol. The predicted octanol–water partition coefficient (Wildman–Crippen LogP) is 12.0. The summed E-state index contributed by atoms with van der Waals surface area (Å²) in [6.45, 7) is 28.6. The Labute approximate surface area is 821 Å². The Morgan fingerprint density at radius 2 is 1.14 bits per heavy atom. The summed E-state index contributed by atoms with van der Waals surface area (Å²) in [5.74, 6) is -8.79. The van der Waals surface area contributed by atoms with E-state index in [2.05, 4.69) is 47.4 Å². The van der Waals surface area contributed by atoms with E-state index in [9.17, 15) is 72.7 Å². The molecule has 4 amide bonds. The van der Waals surface area contributed by atoms with Gasteiger partial charge in [-0.05, 0) is 199 Å². The molecule has 770 valence electrons. The molecule has 0 radical (unpaired) electrons. The number of rotatable bonds is 39. The van der Waals surface area contributed by atoms with Crippen molar-refractivity contribution in [2.24, 2.45) is 68.1 Å². The molecule has 140 heavy (non-hydrogen) atoms. The van der Waals surface area contributed by atoms with Crippen molar-refractivity contribution < 1.29 is 110 Å². The van der Waals surface area contributed by atoms with E-state index < -0.39 is 101 Å². The third kappa shape index (κ3) is 52.5. The van der Waals surface area contributed by atoms with E-state index in [0.29, 0.717) is 52.3 Å². The minimum atomic E-state index is -1.24. The first-order valence-corrected chi connectivity index (χ1v) is 45.7. The number of alkyl carbamates (subject to hydrolysis) is 2. The second-order valence-corrected chi connectivity index (χ2v) is 36.2. The molecule has 39 heteroatoms. The van der Waals surface area contributed by atoms with Gasteiger partial charge in [-0.1, -0.05) is 132 Å². The van der Waals surface area contributed by atoms with Crippen LogP contribution >= 0.6 is 0 Å². The van der Waals surface area contributed by atoms with Crippen molar-refractivity contribution in [3.8, 4) is 28.7 Å². The molecule has 6 atom stereocenters. The molecular weight excluding hydrogens is 1810 g/mol. The zero-order chi connectivity index (χ0) is 105. The summed E-state index contributed by atoms with van der Waals surface area (Å²) in [4.78, 5) is 170. The highest BCUT2D eigenvalue weighted by atomic mass is 16.6. The van der Waals surface area contributed by atoms with Crippen LogP contribution in [0.15, 0.2) is 144 Å². The third-order valence-corrected chi connectivity index (χ3v) is 19.6. The highest BCUT2D eigenvalue weighted by Crippen LogP contribution is 2.41. The van der Waals surface area contributed by atoms with E-state index in [0.717, 1.165) is 47.9 Å². The number of nitrogens with two attached hydrogens (primary N) is 6. The first-order chi connectivity index (χ1) is 65.4. The molecule has 0 spiro atoms. The summed E-state index contributed by atoms with van der Waals surface area (Å²) in [7, 11) is 1.51. The maximum absolute atomic E-state index is 14.9. The number of nitrogen functional groups attached to an aromatic ring is 1. The van der Waals surface area contributed by atoms with Gasteiger partial charge in [-0.15, -0.1) is 0 Å². The predicted molar refractivity (Wildman–Crippen MR) is 531 cm³/mol. The van der Waals surface area contributed by atoms with Crippen molar-refractivity contribution in [3.05, 3.63) is 173 Å². The lowest BCUT2D eigenvalue weighted by Crippen LogP contribution is -2.47. The number of unbranched alkanes of at least 4 members (excludes halogenated alkanes) is 3. The van der Waals surface area contributed by atoms with Crippen molar-refractivity contribution >= 4 is 96.1 Å². The maximum atomic E-state index is 14.9. The number of aryl methyl sites for hydroxylation is 2. The zero-order valence-electron chi connectivity index (χ0n) is 82.9. The Hall–Kier alpha value is -14.0. The van der Waals surface area contributed by atoms with Crippen molar-refractivity contribution in [2.75, 3.05) is 53.0 Å². The molecule has 0 fully saturated rings. The molecule has 1 aliphatic heterocycles. The van der Waals surface area contributed by atoms with Gasteiger partial charge in [-0.2, -0.15) is 10.4 Å². The van der Waals surface area contributed by atoms with E-state index in [1.165, 1.54) is 23.1 Å². The number of fused-ring (bicyclic) bond motifs is 5. The Morgan fingerprint density at radius 3 is 1.58 bits per heavy atom. The number of guanidine groups is 2. The average Bonchev–Trinajstić information content (AvgIpc) is 0.826. The van der Waals surface area contributed by atoms with Gasteiger partial charge in [0.05, 0.1) is 36.8 Å². The summed E-state index contributed by atoms with van der Waals surface area (Å²) in [5.41, 5.74) is 37.4. The molecule has 1 aromatic heterocycles. The van der Waals surface area contributed by atoms with Crippen LogP contribution in [-0.2, 0) is 102 Å². The largest absolute Gasteiger partial charge is 0.492 e. The topological polar surface area (TPSA) is 622 Å². The van der Waals surface area contributed by atoms with E-state index in [4.69, 9.17) is 73.3 Å². The molecule has 6 aromatic rings.